The molecule has 178 valence electrons. The first-order chi connectivity index (χ1) is 15.9. The van der Waals surface area contributed by atoms with Gasteiger partial charge in [-0.2, -0.15) is 0 Å². The van der Waals surface area contributed by atoms with Crippen molar-refractivity contribution in [1.82, 2.24) is 0 Å². The van der Waals surface area contributed by atoms with Gasteiger partial charge in [-0.05, 0) is 48.2 Å². The zero-order chi connectivity index (χ0) is 23.8. The summed E-state index contributed by atoms with van der Waals surface area (Å²) in [7, 11) is 0. The molecule has 0 amide bonds. The molecule has 1 heterocycles. The molecule has 0 radical (unpaired) electrons. The van der Waals surface area contributed by atoms with E-state index in [4.69, 9.17) is 25.8 Å². The van der Waals surface area contributed by atoms with Crippen LogP contribution in [0.1, 0.15) is 29.7 Å². The molecule has 2 aromatic rings. The summed E-state index contributed by atoms with van der Waals surface area (Å²) < 4.78 is 16.6. The molecule has 8 heteroatoms. The highest BCUT2D eigenvalue weighted by Gasteiger charge is 2.44. The van der Waals surface area contributed by atoms with Gasteiger partial charge in [0.25, 0.3) is 0 Å². The number of halogens is 1. The first-order valence-electron chi connectivity index (χ1n) is 10.7. The van der Waals surface area contributed by atoms with E-state index in [0.29, 0.717) is 36.8 Å². The van der Waals surface area contributed by atoms with E-state index in [1.54, 1.807) is 25.1 Å². The van der Waals surface area contributed by atoms with E-state index in [1.165, 1.54) is 0 Å². The Morgan fingerprint density at radius 1 is 1.00 bits per heavy atom. The zero-order valence-electron chi connectivity index (χ0n) is 18.4. The number of aliphatic hydroxyl groups is 4. The van der Waals surface area contributed by atoms with Gasteiger partial charge in [-0.3, -0.25) is 0 Å². The molecule has 1 unspecified atom stereocenters. The van der Waals surface area contributed by atoms with Crippen LogP contribution >= 0.6 is 11.6 Å². The van der Waals surface area contributed by atoms with Crippen molar-refractivity contribution in [2.24, 2.45) is 0 Å². The van der Waals surface area contributed by atoms with Crippen LogP contribution in [0, 0.1) is 11.8 Å². The van der Waals surface area contributed by atoms with E-state index in [1.807, 2.05) is 24.3 Å². The van der Waals surface area contributed by atoms with Crippen LogP contribution in [-0.4, -0.2) is 71.3 Å². The molecule has 0 saturated carbocycles. The van der Waals surface area contributed by atoms with E-state index < -0.39 is 37.1 Å². The normalized spacial score (nSPS) is 24.7. The maximum atomic E-state index is 10.4. The molecule has 0 bridgehead atoms. The van der Waals surface area contributed by atoms with Crippen LogP contribution in [0.2, 0.25) is 5.02 Å². The third kappa shape index (κ3) is 6.69. The van der Waals surface area contributed by atoms with Crippen molar-refractivity contribution in [2.75, 3.05) is 26.4 Å². The fourth-order valence-corrected chi connectivity index (χ4v) is 3.81. The summed E-state index contributed by atoms with van der Waals surface area (Å²) in [6.07, 6.45) is -5.51. The number of benzene rings is 2. The lowest BCUT2D eigenvalue weighted by Gasteiger charge is -2.40. The van der Waals surface area contributed by atoms with E-state index >= 15 is 0 Å². The van der Waals surface area contributed by atoms with Gasteiger partial charge in [0.15, 0.2) is 0 Å². The first-order valence-corrected chi connectivity index (χ1v) is 11.1. The molecule has 7 nitrogen and oxygen atoms in total. The van der Waals surface area contributed by atoms with Crippen molar-refractivity contribution in [1.29, 1.82) is 0 Å². The molecule has 1 aliphatic heterocycles. The number of aliphatic hydroxyl groups excluding tert-OH is 4. The minimum absolute atomic E-state index is 0.391. The molecule has 3 rings (SSSR count). The lowest BCUT2D eigenvalue weighted by molar-refractivity contribution is -0.231. The molecule has 5 atom stereocenters. The predicted molar refractivity (Wildman–Crippen MR) is 123 cm³/mol. The second-order valence-corrected chi connectivity index (χ2v) is 8.16. The molecular formula is C25H29ClO7. The summed E-state index contributed by atoms with van der Waals surface area (Å²) in [6, 6.07) is 12.8. The number of hydrogen-bond donors (Lipinski definition) is 4. The number of ether oxygens (including phenoxy) is 3. The van der Waals surface area contributed by atoms with Gasteiger partial charge in [0.1, 0.15) is 49.5 Å². The largest absolute Gasteiger partial charge is 0.491 e. The van der Waals surface area contributed by atoms with Gasteiger partial charge in [0.05, 0.1) is 13.2 Å². The predicted octanol–water partition coefficient (Wildman–Crippen LogP) is 1.86. The summed E-state index contributed by atoms with van der Waals surface area (Å²) in [5.74, 6) is 6.31. The van der Waals surface area contributed by atoms with Crippen LogP contribution < -0.4 is 4.74 Å². The topological polar surface area (TPSA) is 109 Å². The molecule has 0 aliphatic carbocycles. The minimum Gasteiger partial charge on any atom is -0.491 e. The molecule has 1 fully saturated rings. The molecule has 0 spiro atoms. The lowest BCUT2D eigenvalue weighted by Crippen LogP contribution is -2.55. The second kappa shape index (κ2) is 12.4. The quantitative estimate of drug-likeness (QED) is 0.323. The van der Waals surface area contributed by atoms with Crippen molar-refractivity contribution in [3.05, 3.63) is 64.2 Å². The minimum atomic E-state index is -1.43. The maximum absolute atomic E-state index is 10.4. The van der Waals surface area contributed by atoms with Crippen molar-refractivity contribution in [3.8, 4) is 17.6 Å². The van der Waals surface area contributed by atoms with Gasteiger partial charge in [-0.1, -0.05) is 41.8 Å². The summed E-state index contributed by atoms with van der Waals surface area (Å²) in [5, 5.41) is 40.5. The van der Waals surface area contributed by atoms with Gasteiger partial charge in [0.2, 0.25) is 0 Å². The number of hydrogen-bond acceptors (Lipinski definition) is 7. The lowest BCUT2D eigenvalue weighted by atomic mass is 9.90. The Bertz CT molecular complexity index is 951. The van der Waals surface area contributed by atoms with E-state index in [9.17, 15) is 20.4 Å². The third-order valence-corrected chi connectivity index (χ3v) is 5.82. The fraction of sp³-hybridized carbons (Fsp3) is 0.440. The van der Waals surface area contributed by atoms with E-state index in [-0.39, 0.29) is 0 Å². The third-order valence-electron chi connectivity index (χ3n) is 5.46. The van der Waals surface area contributed by atoms with Gasteiger partial charge >= 0.3 is 0 Å². The van der Waals surface area contributed by atoms with Gasteiger partial charge in [-0.25, -0.2) is 0 Å². The monoisotopic (exact) mass is 476 g/mol. The van der Waals surface area contributed by atoms with Gasteiger partial charge in [0, 0.05) is 5.02 Å². The van der Waals surface area contributed by atoms with Crippen molar-refractivity contribution in [3.63, 3.8) is 0 Å². The molecule has 33 heavy (non-hydrogen) atoms. The van der Waals surface area contributed by atoms with Crippen LogP contribution in [0.5, 0.6) is 5.75 Å². The average Bonchev–Trinajstić information content (AvgIpc) is 2.82. The molecule has 4 N–H and O–H groups in total. The summed E-state index contributed by atoms with van der Waals surface area (Å²) in [4.78, 5) is 0. The standard InChI is InChI=1S/C25H29ClO7/c1-2-3-10-31-11-12-32-19-7-4-16(5-8-19)13-18-14-17(6-9-20(18)26)25-24(30)23(29)22(28)21(15-27)33-25/h4-9,14,21-25,27-30H,10-13,15H2,1H3/t21-,22-,23+,24?,25+/m1/s1. The van der Waals surface area contributed by atoms with Gasteiger partial charge < -0.3 is 34.6 Å². The Morgan fingerprint density at radius 3 is 2.45 bits per heavy atom. The molecule has 1 aliphatic rings. The summed E-state index contributed by atoms with van der Waals surface area (Å²) in [6.45, 7) is 2.56. The SMILES string of the molecule is CC#CCOCCOc1ccc(Cc2cc([C@@H]3O[C@H](CO)[C@@H](O)[C@H](O)C3O)ccc2Cl)cc1. The smallest absolute Gasteiger partial charge is 0.119 e. The van der Waals surface area contributed by atoms with Crippen LogP contribution in [-0.2, 0) is 15.9 Å². The maximum Gasteiger partial charge on any atom is 0.119 e. The van der Waals surface area contributed by atoms with Crippen molar-refractivity contribution in [2.45, 2.75) is 43.9 Å². The highest BCUT2D eigenvalue weighted by molar-refractivity contribution is 6.31. The highest BCUT2D eigenvalue weighted by atomic mass is 35.5. The Balaban J connectivity index is 1.64. The molecular weight excluding hydrogens is 448 g/mol. The van der Waals surface area contributed by atoms with Crippen molar-refractivity contribution < 1.29 is 34.6 Å². The van der Waals surface area contributed by atoms with Crippen LogP contribution in [0.4, 0.5) is 0 Å². The second-order valence-electron chi connectivity index (χ2n) is 7.75. The first kappa shape index (κ1) is 25.5. The van der Waals surface area contributed by atoms with E-state index in [2.05, 4.69) is 11.8 Å². The molecule has 1 saturated heterocycles. The zero-order valence-corrected chi connectivity index (χ0v) is 19.1. The highest BCUT2D eigenvalue weighted by Crippen LogP contribution is 2.34. The Morgan fingerprint density at radius 2 is 1.76 bits per heavy atom. The van der Waals surface area contributed by atoms with Crippen LogP contribution in [0.25, 0.3) is 0 Å². The fourth-order valence-electron chi connectivity index (χ4n) is 3.62. The summed E-state index contributed by atoms with van der Waals surface area (Å²) >= 11 is 6.40. The van der Waals surface area contributed by atoms with E-state index in [0.717, 1.165) is 16.9 Å². The summed E-state index contributed by atoms with van der Waals surface area (Å²) in [5.41, 5.74) is 2.41. The van der Waals surface area contributed by atoms with Crippen molar-refractivity contribution >= 4 is 11.6 Å². The van der Waals surface area contributed by atoms with Crippen LogP contribution in [0.3, 0.4) is 0 Å². The Kier molecular flexibility index (Phi) is 9.53. The van der Waals surface area contributed by atoms with Gasteiger partial charge in [-0.15, -0.1) is 5.92 Å². The van der Waals surface area contributed by atoms with Crippen LogP contribution in [0.15, 0.2) is 42.5 Å². The average molecular weight is 477 g/mol. The Hall–Kier alpha value is -2.15. The number of rotatable bonds is 9. The Labute approximate surface area is 198 Å². The molecule has 0 aromatic heterocycles. The molecule has 2 aromatic carbocycles.